The maximum atomic E-state index is 12.6. The fourth-order valence-electron chi connectivity index (χ4n) is 3.66. The summed E-state index contributed by atoms with van der Waals surface area (Å²) in [6.07, 6.45) is 5.58. The molecule has 4 rings (SSSR count). The van der Waals surface area contributed by atoms with Crippen LogP contribution in [0.3, 0.4) is 0 Å². The van der Waals surface area contributed by atoms with Gasteiger partial charge >= 0.3 is 0 Å². The second-order valence-corrected chi connectivity index (χ2v) is 7.00. The van der Waals surface area contributed by atoms with E-state index < -0.39 is 5.54 Å². The first-order valence-electron chi connectivity index (χ1n) is 8.98. The van der Waals surface area contributed by atoms with Crippen LogP contribution in [-0.2, 0) is 11.2 Å². The quantitative estimate of drug-likeness (QED) is 0.798. The lowest BCUT2D eigenvalue weighted by Crippen LogP contribution is -2.52. The topological polar surface area (TPSA) is 77.2 Å². The van der Waals surface area contributed by atoms with E-state index in [1.807, 2.05) is 30.3 Å². The Labute approximate surface area is 171 Å². The SMILES string of the molecule is Cl.Cl.NC1(C(=O)Nc2cccc(-c3ccc4c(c3)CCO4)n2)CCCCC1. The van der Waals surface area contributed by atoms with Crippen molar-refractivity contribution in [1.29, 1.82) is 0 Å². The highest BCUT2D eigenvalue weighted by Crippen LogP contribution is 2.31. The number of nitrogens with one attached hydrogen (secondary N) is 1. The Kier molecular flexibility index (Phi) is 7.09. The summed E-state index contributed by atoms with van der Waals surface area (Å²) in [6, 6.07) is 11.8. The largest absolute Gasteiger partial charge is 0.493 e. The number of benzene rings is 1. The Bertz CT molecular complexity index is 808. The Hall–Kier alpha value is -1.82. The van der Waals surface area contributed by atoms with E-state index in [2.05, 4.69) is 16.4 Å². The third kappa shape index (κ3) is 4.54. The summed E-state index contributed by atoms with van der Waals surface area (Å²) >= 11 is 0. The van der Waals surface area contributed by atoms with Crippen LogP contribution in [0.1, 0.15) is 37.7 Å². The molecule has 0 atom stereocenters. The molecule has 27 heavy (non-hydrogen) atoms. The van der Waals surface area contributed by atoms with E-state index in [1.165, 1.54) is 5.56 Å². The summed E-state index contributed by atoms with van der Waals surface area (Å²) in [5.41, 5.74) is 8.61. The van der Waals surface area contributed by atoms with Crippen LogP contribution < -0.4 is 15.8 Å². The van der Waals surface area contributed by atoms with Crippen LogP contribution in [0.4, 0.5) is 5.82 Å². The minimum Gasteiger partial charge on any atom is -0.493 e. The molecule has 2 aromatic rings. The highest BCUT2D eigenvalue weighted by atomic mass is 35.5. The number of amides is 1. The zero-order chi connectivity index (χ0) is 17.3. The molecule has 2 aliphatic rings. The summed E-state index contributed by atoms with van der Waals surface area (Å²) in [5, 5.41) is 2.91. The van der Waals surface area contributed by atoms with Crippen LogP contribution in [-0.4, -0.2) is 23.0 Å². The molecule has 0 bridgehead atoms. The fraction of sp³-hybridized carbons (Fsp3) is 0.400. The summed E-state index contributed by atoms with van der Waals surface area (Å²) in [4.78, 5) is 17.2. The van der Waals surface area contributed by atoms with Crippen LogP contribution >= 0.6 is 24.8 Å². The standard InChI is InChI=1S/C20H23N3O2.2ClH/c21-20(10-2-1-3-11-20)19(24)23-18-6-4-5-16(22-18)14-7-8-17-15(13-14)9-12-25-17;;/h4-8,13H,1-3,9-12,21H2,(H,22,23,24);2*1H. The molecule has 1 fully saturated rings. The summed E-state index contributed by atoms with van der Waals surface area (Å²) in [6.45, 7) is 0.737. The number of fused-ring (bicyclic) bond motifs is 1. The van der Waals surface area contributed by atoms with Crippen molar-refractivity contribution in [2.75, 3.05) is 11.9 Å². The van der Waals surface area contributed by atoms with Crippen molar-refractivity contribution >= 4 is 36.5 Å². The molecule has 3 N–H and O–H groups in total. The lowest BCUT2D eigenvalue weighted by atomic mass is 9.82. The molecule has 1 aliphatic heterocycles. The fourth-order valence-corrected chi connectivity index (χ4v) is 3.66. The molecule has 0 unspecified atom stereocenters. The van der Waals surface area contributed by atoms with E-state index in [0.717, 1.165) is 62.1 Å². The van der Waals surface area contributed by atoms with Gasteiger partial charge in [0.25, 0.3) is 0 Å². The molecule has 1 amide bonds. The van der Waals surface area contributed by atoms with Gasteiger partial charge in [0.15, 0.2) is 0 Å². The van der Waals surface area contributed by atoms with Gasteiger partial charge in [-0.05, 0) is 48.7 Å². The molecule has 0 saturated heterocycles. The number of carbonyl (C=O) groups excluding carboxylic acids is 1. The highest BCUT2D eigenvalue weighted by Gasteiger charge is 2.35. The minimum absolute atomic E-state index is 0. The Morgan fingerprint density at radius 1 is 1.11 bits per heavy atom. The van der Waals surface area contributed by atoms with Crippen LogP contribution in [0.5, 0.6) is 5.75 Å². The maximum Gasteiger partial charge on any atom is 0.245 e. The molecule has 7 heteroatoms. The Morgan fingerprint density at radius 2 is 1.89 bits per heavy atom. The zero-order valence-corrected chi connectivity index (χ0v) is 16.7. The van der Waals surface area contributed by atoms with Crippen molar-refractivity contribution in [2.24, 2.45) is 5.73 Å². The van der Waals surface area contributed by atoms with E-state index in [4.69, 9.17) is 10.5 Å². The van der Waals surface area contributed by atoms with Crippen LogP contribution in [0.15, 0.2) is 36.4 Å². The molecule has 2 heterocycles. The smallest absolute Gasteiger partial charge is 0.245 e. The Morgan fingerprint density at radius 3 is 2.67 bits per heavy atom. The second-order valence-electron chi connectivity index (χ2n) is 7.00. The van der Waals surface area contributed by atoms with Gasteiger partial charge in [-0.3, -0.25) is 4.79 Å². The predicted octanol–water partition coefficient (Wildman–Crippen LogP) is 4.13. The van der Waals surface area contributed by atoms with E-state index in [9.17, 15) is 4.79 Å². The van der Waals surface area contributed by atoms with Gasteiger partial charge < -0.3 is 15.8 Å². The van der Waals surface area contributed by atoms with Crippen molar-refractivity contribution in [3.63, 3.8) is 0 Å². The molecule has 5 nitrogen and oxygen atoms in total. The normalized spacial score (nSPS) is 16.9. The zero-order valence-electron chi connectivity index (χ0n) is 15.1. The van der Waals surface area contributed by atoms with Gasteiger partial charge in [0, 0.05) is 12.0 Å². The number of nitrogens with two attached hydrogens (primary N) is 1. The Balaban J connectivity index is 0.00000131. The predicted molar refractivity (Wildman–Crippen MR) is 112 cm³/mol. The molecule has 0 spiro atoms. The van der Waals surface area contributed by atoms with Gasteiger partial charge in [-0.2, -0.15) is 0 Å². The van der Waals surface area contributed by atoms with Gasteiger partial charge in [0.1, 0.15) is 11.6 Å². The number of nitrogens with zero attached hydrogens (tertiary/aromatic N) is 1. The number of pyridine rings is 1. The van der Waals surface area contributed by atoms with E-state index in [0.29, 0.717) is 5.82 Å². The maximum absolute atomic E-state index is 12.6. The molecule has 146 valence electrons. The third-order valence-corrected chi connectivity index (χ3v) is 5.17. The van der Waals surface area contributed by atoms with Crippen molar-refractivity contribution < 1.29 is 9.53 Å². The number of rotatable bonds is 3. The van der Waals surface area contributed by atoms with Gasteiger partial charge in [0.2, 0.25) is 5.91 Å². The molecule has 0 radical (unpaired) electrons. The van der Waals surface area contributed by atoms with E-state index in [1.54, 1.807) is 0 Å². The van der Waals surface area contributed by atoms with Gasteiger partial charge in [-0.1, -0.05) is 25.3 Å². The van der Waals surface area contributed by atoms with Crippen LogP contribution in [0.2, 0.25) is 0 Å². The highest BCUT2D eigenvalue weighted by molar-refractivity contribution is 5.97. The van der Waals surface area contributed by atoms with E-state index >= 15 is 0 Å². The summed E-state index contributed by atoms with van der Waals surface area (Å²) < 4.78 is 5.55. The second kappa shape index (κ2) is 8.91. The number of halogens is 2. The van der Waals surface area contributed by atoms with Gasteiger partial charge in [-0.25, -0.2) is 4.98 Å². The first-order chi connectivity index (χ1) is 12.1. The van der Waals surface area contributed by atoms with Crippen LogP contribution in [0.25, 0.3) is 11.3 Å². The van der Waals surface area contributed by atoms with Crippen LogP contribution in [0, 0.1) is 0 Å². The first-order valence-corrected chi connectivity index (χ1v) is 8.98. The van der Waals surface area contributed by atoms with Gasteiger partial charge in [0.05, 0.1) is 17.8 Å². The molecule has 1 saturated carbocycles. The lowest BCUT2D eigenvalue weighted by Gasteiger charge is -2.31. The number of anilines is 1. The molecule has 1 aromatic carbocycles. The van der Waals surface area contributed by atoms with Gasteiger partial charge in [-0.15, -0.1) is 24.8 Å². The number of carbonyl (C=O) groups is 1. The summed E-state index contributed by atoms with van der Waals surface area (Å²) in [7, 11) is 0. The van der Waals surface area contributed by atoms with E-state index in [-0.39, 0.29) is 30.7 Å². The monoisotopic (exact) mass is 409 g/mol. The average molecular weight is 410 g/mol. The number of hydrogen-bond acceptors (Lipinski definition) is 4. The summed E-state index contributed by atoms with van der Waals surface area (Å²) in [5.74, 6) is 1.38. The van der Waals surface area contributed by atoms with Crippen molar-refractivity contribution in [2.45, 2.75) is 44.1 Å². The van der Waals surface area contributed by atoms with Crippen molar-refractivity contribution in [3.05, 3.63) is 42.0 Å². The first kappa shape index (κ1) is 21.5. The third-order valence-electron chi connectivity index (χ3n) is 5.17. The molecule has 1 aromatic heterocycles. The molecular weight excluding hydrogens is 385 g/mol. The number of hydrogen-bond donors (Lipinski definition) is 2. The molecular formula is C20H25Cl2N3O2. The number of aromatic nitrogens is 1. The van der Waals surface area contributed by atoms with Crippen molar-refractivity contribution in [3.8, 4) is 17.0 Å². The minimum atomic E-state index is -0.763. The number of ether oxygens (including phenoxy) is 1. The average Bonchev–Trinajstić information content (AvgIpc) is 3.10. The lowest BCUT2D eigenvalue weighted by molar-refractivity contribution is -0.122. The van der Waals surface area contributed by atoms with Crippen molar-refractivity contribution in [1.82, 2.24) is 4.98 Å². The molecule has 1 aliphatic carbocycles.